The number of hydrogen-bond acceptors (Lipinski definition) is 3. The Kier molecular flexibility index (Phi) is 4.74. The van der Waals surface area contributed by atoms with Crippen molar-refractivity contribution in [3.8, 4) is 11.4 Å². The van der Waals surface area contributed by atoms with E-state index < -0.39 is 0 Å². The van der Waals surface area contributed by atoms with E-state index in [0.717, 1.165) is 11.4 Å². The van der Waals surface area contributed by atoms with Gasteiger partial charge in [0.05, 0.1) is 6.54 Å². The summed E-state index contributed by atoms with van der Waals surface area (Å²) in [5, 5.41) is 4.18. The van der Waals surface area contributed by atoms with Gasteiger partial charge in [-0.25, -0.2) is 4.98 Å². The van der Waals surface area contributed by atoms with Crippen LogP contribution in [0.25, 0.3) is 11.4 Å². The SMILES string of the molecule is CCN(CCn1cccn1)C(=O)c1cccc(-c2nccn2C)c1. The van der Waals surface area contributed by atoms with Crippen LogP contribution in [0.15, 0.2) is 55.1 Å². The van der Waals surface area contributed by atoms with Crippen molar-refractivity contribution < 1.29 is 4.79 Å². The van der Waals surface area contributed by atoms with Crippen LogP contribution < -0.4 is 0 Å². The molecule has 1 amide bonds. The van der Waals surface area contributed by atoms with E-state index in [0.29, 0.717) is 25.2 Å². The second kappa shape index (κ2) is 7.12. The molecule has 6 heteroatoms. The Morgan fingerprint density at radius 3 is 2.75 bits per heavy atom. The molecule has 1 aromatic carbocycles. The number of aromatic nitrogens is 4. The van der Waals surface area contributed by atoms with Crippen molar-refractivity contribution in [2.75, 3.05) is 13.1 Å². The first-order valence-corrected chi connectivity index (χ1v) is 8.03. The number of nitrogens with zero attached hydrogens (tertiary/aromatic N) is 5. The van der Waals surface area contributed by atoms with Crippen molar-refractivity contribution in [1.29, 1.82) is 0 Å². The first-order valence-electron chi connectivity index (χ1n) is 8.03. The van der Waals surface area contributed by atoms with Gasteiger partial charge in [-0.1, -0.05) is 12.1 Å². The van der Waals surface area contributed by atoms with E-state index in [9.17, 15) is 4.79 Å². The van der Waals surface area contributed by atoms with Crippen molar-refractivity contribution >= 4 is 5.91 Å². The number of carbonyl (C=O) groups is 1. The first kappa shape index (κ1) is 16.0. The van der Waals surface area contributed by atoms with Crippen LogP contribution in [-0.2, 0) is 13.6 Å². The van der Waals surface area contributed by atoms with Crippen molar-refractivity contribution in [1.82, 2.24) is 24.2 Å². The second-order valence-corrected chi connectivity index (χ2v) is 5.60. The summed E-state index contributed by atoms with van der Waals surface area (Å²) in [5.74, 6) is 0.880. The summed E-state index contributed by atoms with van der Waals surface area (Å²) in [4.78, 5) is 19.0. The molecule has 0 saturated heterocycles. The molecule has 6 nitrogen and oxygen atoms in total. The van der Waals surface area contributed by atoms with Gasteiger partial charge in [0.2, 0.25) is 0 Å². The highest BCUT2D eigenvalue weighted by atomic mass is 16.2. The molecule has 3 aromatic rings. The average molecular weight is 323 g/mol. The zero-order valence-electron chi connectivity index (χ0n) is 14.0. The quantitative estimate of drug-likeness (QED) is 0.700. The molecule has 0 aliphatic rings. The van der Waals surface area contributed by atoms with Crippen LogP contribution in [-0.4, -0.2) is 43.2 Å². The summed E-state index contributed by atoms with van der Waals surface area (Å²) >= 11 is 0. The Balaban J connectivity index is 1.77. The molecule has 0 unspecified atom stereocenters. The van der Waals surface area contributed by atoms with E-state index in [1.54, 1.807) is 12.4 Å². The molecule has 0 radical (unpaired) electrons. The Labute approximate surface area is 141 Å². The lowest BCUT2D eigenvalue weighted by molar-refractivity contribution is 0.0757. The molecule has 3 rings (SSSR count). The zero-order valence-corrected chi connectivity index (χ0v) is 14.0. The van der Waals surface area contributed by atoms with Gasteiger partial charge < -0.3 is 9.47 Å². The highest BCUT2D eigenvalue weighted by molar-refractivity contribution is 5.95. The van der Waals surface area contributed by atoms with Gasteiger partial charge in [-0.2, -0.15) is 5.10 Å². The number of benzene rings is 1. The zero-order chi connectivity index (χ0) is 16.9. The molecule has 0 aliphatic heterocycles. The fourth-order valence-corrected chi connectivity index (χ4v) is 2.68. The number of likely N-dealkylation sites (N-methyl/N-ethyl adjacent to an activating group) is 1. The maximum Gasteiger partial charge on any atom is 0.253 e. The van der Waals surface area contributed by atoms with E-state index in [1.807, 2.05) is 70.8 Å². The number of hydrogen-bond donors (Lipinski definition) is 0. The Bertz CT molecular complexity index is 806. The monoisotopic (exact) mass is 323 g/mol. The smallest absolute Gasteiger partial charge is 0.253 e. The van der Waals surface area contributed by atoms with Gasteiger partial charge in [0.1, 0.15) is 5.82 Å². The molecule has 0 spiro atoms. The van der Waals surface area contributed by atoms with Crippen LogP contribution >= 0.6 is 0 Å². The molecule has 2 heterocycles. The molecule has 124 valence electrons. The molecule has 0 saturated carbocycles. The molecule has 0 bridgehead atoms. The van der Waals surface area contributed by atoms with Crippen LogP contribution in [0.3, 0.4) is 0 Å². The van der Waals surface area contributed by atoms with Crippen molar-refractivity contribution in [2.45, 2.75) is 13.5 Å². The lowest BCUT2D eigenvalue weighted by Gasteiger charge is -2.21. The standard InChI is InChI=1S/C18H21N5O/c1-3-22(12-13-23-10-5-8-20-23)18(24)16-7-4-6-15(14-16)17-19-9-11-21(17)2/h4-11,14H,3,12-13H2,1-2H3. The van der Waals surface area contributed by atoms with Gasteiger partial charge >= 0.3 is 0 Å². The third kappa shape index (κ3) is 3.37. The summed E-state index contributed by atoms with van der Waals surface area (Å²) in [6.07, 6.45) is 7.30. The van der Waals surface area contributed by atoms with Crippen LogP contribution in [0.2, 0.25) is 0 Å². The minimum Gasteiger partial charge on any atom is -0.337 e. The maximum absolute atomic E-state index is 12.8. The predicted molar refractivity (Wildman–Crippen MR) is 92.4 cm³/mol. The van der Waals surface area contributed by atoms with Gasteiger partial charge in [-0.15, -0.1) is 0 Å². The van der Waals surface area contributed by atoms with Gasteiger partial charge in [-0.05, 0) is 25.1 Å². The van der Waals surface area contributed by atoms with Crippen LogP contribution in [0.1, 0.15) is 17.3 Å². The topological polar surface area (TPSA) is 56.0 Å². The number of rotatable bonds is 6. The summed E-state index contributed by atoms with van der Waals surface area (Å²) in [6, 6.07) is 9.51. The lowest BCUT2D eigenvalue weighted by Crippen LogP contribution is -2.33. The Morgan fingerprint density at radius 1 is 1.21 bits per heavy atom. The highest BCUT2D eigenvalue weighted by Gasteiger charge is 2.15. The van der Waals surface area contributed by atoms with Crippen molar-refractivity contribution in [3.63, 3.8) is 0 Å². The fourth-order valence-electron chi connectivity index (χ4n) is 2.68. The van der Waals surface area contributed by atoms with E-state index in [1.165, 1.54) is 0 Å². The molecule has 0 aliphatic carbocycles. The molecule has 2 aromatic heterocycles. The van der Waals surface area contributed by atoms with Crippen LogP contribution in [0.5, 0.6) is 0 Å². The van der Waals surface area contributed by atoms with Gasteiger partial charge in [0.25, 0.3) is 5.91 Å². The van der Waals surface area contributed by atoms with Crippen molar-refractivity contribution in [3.05, 3.63) is 60.7 Å². The van der Waals surface area contributed by atoms with Gasteiger partial charge in [0, 0.05) is 56.1 Å². The maximum atomic E-state index is 12.8. The third-order valence-corrected chi connectivity index (χ3v) is 4.02. The minimum atomic E-state index is 0.0284. The summed E-state index contributed by atoms with van der Waals surface area (Å²) in [7, 11) is 1.94. The van der Waals surface area contributed by atoms with Gasteiger partial charge in [0.15, 0.2) is 0 Å². The lowest BCUT2D eigenvalue weighted by atomic mass is 10.1. The largest absolute Gasteiger partial charge is 0.337 e. The van der Waals surface area contributed by atoms with Crippen molar-refractivity contribution in [2.24, 2.45) is 7.05 Å². The van der Waals surface area contributed by atoms with E-state index in [-0.39, 0.29) is 5.91 Å². The normalized spacial score (nSPS) is 10.8. The molecule has 0 fully saturated rings. The van der Waals surface area contributed by atoms with E-state index in [4.69, 9.17) is 0 Å². The molecule has 0 atom stereocenters. The number of carbonyl (C=O) groups excluding carboxylic acids is 1. The average Bonchev–Trinajstić information content (AvgIpc) is 3.27. The van der Waals surface area contributed by atoms with E-state index in [2.05, 4.69) is 10.1 Å². The molecular weight excluding hydrogens is 302 g/mol. The van der Waals surface area contributed by atoms with E-state index >= 15 is 0 Å². The first-order chi connectivity index (χ1) is 11.7. The molecule has 0 N–H and O–H groups in total. The summed E-state index contributed by atoms with van der Waals surface area (Å²) < 4.78 is 3.78. The second-order valence-electron chi connectivity index (χ2n) is 5.60. The minimum absolute atomic E-state index is 0.0284. The Hall–Kier alpha value is -2.89. The third-order valence-electron chi connectivity index (χ3n) is 4.02. The summed E-state index contributed by atoms with van der Waals surface area (Å²) in [5.41, 5.74) is 1.62. The van der Waals surface area contributed by atoms with Crippen LogP contribution in [0.4, 0.5) is 0 Å². The van der Waals surface area contributed by atoms with Gasteiger partial charge in [-0.3, -0.25) is 9.48 Å². The fraction of sp³-hybridized carbons (Fsp3) is 0.278. The predicted octanol–water partition coefficient (Wildman–Crippen LogP) is 2.45. The number of amides is 1. The molecule has 24 heavy (non-hydrogen) atoms. The highest BCUT2D eigenvalue weighted by Crippen LogP contribution is 2.19. The Morgan fingerprint density at radius 2 is 2.08 bits per heavy atom. The summed E-state index contributed by atoms with van der Waals surface area (Å²) in [6.45, 7) is 3.96. The van der Waals surface area contributed by atoms with Crippen LogP contribution in [0, 0.1) is 0 Å². The number of aryl methyl sites for hydroxylation is 1. The molecular formula is C18H21N5O. The number of imidazole rings is 1.